The Kier molecular flexibility index (Phi) is 7.39. The van der Waals surface area contributed by atoms with Crippen LogP contribution >= 0.6 is 18.5 Å². The van der Waals surface area contributed by atoms with Crippen LogP contribution in [0.25, 0.3) is 0 Å². The quantitative estimate of drug-likeness (QED) is 0.416. The van der Waals surface area contributed by atoms with Gasteiger partial charge in [0.2, 0.25) is 11.9 Å². The van der Waals surface area contributed by atoms with Crippen molar-refractivity contribution in [2.75, 3.05) is 19.1 Å². The molecule has 3 aromatic rings. The van der Waals surface area contributed by atoms with E-state index in [9.17, 15) is 4.79 Å². The number of aromatic nitrogens is 2. The summed E-state index contributed by atoms with van der Waals surface area (Å²) < 4.78 is 5.50. The Labute approximate surface area is 193 Å². The summed E-state index contributed by atoms with van der Waals surface area (Å²) in [7, 11) is 1.61. The minimum atomic E-state index is -1.48. The number of ether oxygens (including phenoxy) is 1. The van der Waals surface area contributed by atoms with Gasteiger partial charge in [0.25, 0.3) is 0 Å². The van der Waals surface area contributed by atoms with Gasteiger partial charge in [0.1, 0.15) is 5.75 Å². The monoisotopic (exact) mass is 468 g/mol. The van der Waals surface area contributed by atoms with E-state index in [4.69, 9.17) is 22.1 Å². The van der Waals surface area contributed by atoms with Crippen LogP contribution in [0, 0.1) is 0 Å². The number of benzene rings is 2. The smallest absolute Gasteiger partial charge is 0.248 e. The second-order valence-electron chi connectivity index (χ2n) is 7.67. The van der Waals surface area contributed by atoms with Crippen molar-refractivity contribution in [1.82, 2.24) is 9.97 Å². The van der Waals surface area contributed by atoms with Crippen molar-refractivity contribution in [2.24, 2.45) is 5.73 Å². The van der Waals surface area contributed by atoms with Crippen LogP contribution in [0.3, 0.4) is 0 Å². The third-order valence-electron chi connectivity index (χ3n) is 4.95. The number of halogens is 1. The van der Waals surface area contributed by atoms with Crippen molar-refractivity contribution < 1.29 is 9.53 Å². The molecule has 0 aliphatic heterocycles. The molecular weight excluding hydrogens is 443 g/mol. The standard InChI is InChI=1S/C24H26ClN4O2P/c1-5-32(3,4)15-16-10-11-22(31-2)21(12-16)29-24-27-14-19(25)20(28-24)13-17-8-6-7-9-18(17)23(26)30/h5-12,14H,1,3,13,15H2,2,4H3,(H2,26,30)(H,27,28,29). The number of carbonyl (C=O) groups is 1. The maximum Gasteiger partial charge on any atom is 0.248 e. The second kappa shape index (κ2) is 10.0. The van der Waals surface area contributed by atoms with Crippen molar-refractivity contribution in [3.05, 3.63) is 88.5 Å². The summed E-state index contributed by atoms with van der Waals surface area (Å²) in [6, 6.07) is 13.1. The fourth-order valence-corrected chi connectivity index (χ4v) is 4.55. The first kappa shape index (κ1) is 23.6. The van der Waals surface area contributed by atoms with Gasteiger partial charge in [-0.25, -0.2) is 9.97 Å². The largest absolute Gasteiger partial charge is 0.495 e. The highest BCUT2D eigenvalue weighted by molar-refractivity contribution is 7.75. The zero-order valence-electron chi connectivity index (χ0n) is 18.1. The summed E-state index contributed by atoms with van der Waals surface area (Å²) in [4.78, 5) is 20.6. The van der Waals surface area contributed by atoms with Crippen molar-refractivity contribution in [3.63, 3.8) is 0 Å². The number of hydrogen-bond donors (Lipinski definition) is 2. The van der Waals surface area contributed by atoms with Crippen LogP contribution in [-0.4, -0.2) is 35.9 Å². The molecule has 0 aliphatic carbocycles. The number of methoxy groups -OCH3 is 1. The molecule has 3 N–H and O–H groups in total. The molecule has 0 bridgehead atoms. The first-order valence-electron chi connectivity index (χ1n) is 9.88. The molecule has 166 valence electrons. The lowest BCUT2D eigenvalue weighted by atomic mass is 10.0. The zero-order chi connectivity index (χ0) is 23.3. The summed E-state index contributed by atoms with van der Waals surface area (Å²) >= 11 is 6.35. The SMILES string of the molecule is C=CP(=C)(C)Cc1ccc(OC)c(Nc2ncc(Cl)c(Cc3ccccc3C(N)=O)n2)c1. The molecule has 8 heteroatoms. The molecule has 32 heavy (non-hydrogen) atoms. The van der Waals surface area contributed by atoms with Gasteiger partial charge in [0.05, 0.1) is 29.7 Å². The Balaban J connectivity index is 1.91. The highest BCUT2D eigenvalue weighted by Gasteiger charge is 2.14. The summed E-state index contributed by atoms with van der Waals surface area (Å²) in [6.07, 6.45) is 6.99. The molecule has 2 aromatic carbocycles. The lowest BCUT2D eigenvalue weighted by Gasteiger charge is -2.17. The van der Waals surface area contributed by atoms with Crippen LogP contribution in [0.5, 0.6) is 5.75 Å². The molecule has 3 rings (SSSR count). The Hall–Kier alpha value is -3.08. The van der Waals surface area contributed by atoms with E-state index in [1.165, 1.54) is 6.20 Å². The van der Waals surface area contributed by atoms with E-state index >= 15 is 0 Å². The molecule has 1 heterocycles. The van der Waals surface area contributed by atoms with Crippen LogP contribution in [0.1, 0.15) is 27.2 Å². The molecule has 1 amide bonds. The number of primary amides is 1. The number of hydrogen-bond acceptors (Lipinski definition) is 5. The molecule has 6 nitrogen and oxygen atoms in total. The van der Waals surface area contributed by atoms with Gasteiger partial charge in [0, 0.05) is 12.0 Å². The highest BCUT2D eigenvalue weighted by Crippen LogP contribution is 2.46. The van der Waals surface area contributed by atoms with Gasteiger partial charge in [-0.15, -0.1) is 0 Å². The summed E-state index contributed by atoms with van der Waals surface area (Å²) in [5.74, 6) is 2.48. The van der Waals surface area contributed by atoms with Gasteiger partial charge < -0.3 is 15.8 Å². The van der Waals surface area contributed by atoms with E-state index < -0.39 is 12.8 Å². The van der Waals surface area contributed by atoms with Gasteiger partial charge in [-0.05, 0) is 42.2 Å². The lowest BCUT2D eigenvalue weighted by molar-refractivity contribution is 0.0999. The Bertz CT molecular complexity index is 1210. The van der Waals surface area contributed by atoms with Crippen molar-refractivity contribution >= 4 is 42.3 Å². The average molecular weight is 469 g/mol. The van der Waals surface area contributed by atoms with Crippen LogP contribution in [0.4, 0.5) is 11.6 Å². The Morgan fingerprint density at radius 1 is 1.31 bits per heavy atom. The van der Waals surface area contributed by atoms with Crippen molar-refractivity contribution in [1.29, 1.82) is 0 Å². The minimum Gasteiger partial charge on any atom is -0.495 e. The molecule has 0 radical (unpaired) electrons. The zero-order valence-corrected chi connectivity index (χ0v) is 19.8. The van der Waals surface area contributed by atoms with E-state index in [1.807, 2.05) is 36.1 Å². The number of amides is 1. The third kappa shape index (κ3) is 5.78. The number of nitrogens with zero attached hydrogens (tertiary/aromatic N) is 2. The molecule has 0 saturated heterocycles. The molecule has 0 spiro atoms. The topological polar surface area (TPSA) is 90.1 Å². The molecular formula is C24H26ClN4O2P. The van der Waals surface area contributed by atoms with Crippen molar-refractivity contribution in [2.45, 2.75) is 12.6 Å². The van der Waals surface area contributed by atoms with Crippen LogP contribution in [-0.2, 0) is 12.6 Å². The second-order valence-corrected chi connectivity index (χ2v) is 11.7. The molecule has 0 saturated carbocycles. The Morgan fingerprint density at radius 3 is 2.75 bits per heavy atom. The van der Waals surface area contributed by atoms with Gasteiger partial charge in [-0.3, -0.25) is 4.79 Å². The first-order chi connectivity index (χ1) is 15.2. The highest BCUT2D eigenvalue weighted by atomic mass is 35.5. The van der Waals surface area contributed by atoms with Crippen LogP contribution < -0.4 is 15.8 Å². The maximum atomic E-state index is 11.8. The van der Waals surface area contributed by atoms with E-state index in [0.29, 0.717) is 34.4 Å². The molecule has 0 aliphatic rings. The fourth-order valence-electron chi connectivity index (χ4n) is 3.24. The van der Waals surface area contributed by atoms with Crippen LogP contribution in [0.15, 0.2) is 61.1 Å². The molecule has 1 atom stereocenters. The number of rotatable bonds is 9. The molecule has 1 aromatic heterocycles. The summed E-state index contributed by atoms with van der Waals surface area (Å²) in [6.45, 7) is 4.56. The Morgan fingerprint density at radius 2 is 2.06 bits per heavy atom. The molecule has 1 unspecified atom stereocenters. The van der Waals surface area contributed by atoms with Crippen molar-refractivity contribution in [3.8, 4) is 5.75 Å². The van der Waals surface area contributed by atoms with Crippen LogP contribution in [0.2, 0.25) is 5.02 Å². The fraction of sp³-hybridized carbons (Fsp3) is 0.167. The van der Waals surface area contributed by atoms with Gasteiger partial charge in [-0.1, -0.05) is 61.4 Å². The number of nitrogens with one attached hydrogen (secondary N) is 1. The predicted octanol–water partition coefficient (Wildman–Crippen LogP) is 5.29. The number of anilines is 2. The van der Waals surface area contributed by atoms with Gasteiger partial charge in [0.15, 0.2) is 0 Å². The molecule has 0 fully saturated rings. The van der Waals surface area contributed by atoms with Gasteiger partial charge >= 0.3 is 0 Å². The van der Waals surface area contributed by atoms with Gasteiger partial charge in [-0.2, -0.15) is 0 Å². The van der Waals surface area contributed by atoms with E-state index in [0.717, 1.165) is 23.0 Å². The van der Waals surface area contributed by atoms with E-state index in [1.54, 1.807) is 19.2 Å². The predicted molar refractivity (Wildman–Crippen MR) is 135 cm³/mol. The minimum absolute atomic E-state index is 0.343. The first-order valence-corrected chi connectivity index (χ1v) is 12.9. The normalized spacial score (nSPS) is 12.6. The van der Waals surface area contributed by atoms with E-state index in [-0.39, 0.29) is 0 Å². The van der Waals surface area contributed by atoms with E-state index in [2.05, 4.69) is 34.8 Å². The lowest BCUT2D eigenvalue weighted by Crippen LogP contribution is -2.14. The summed E-state index contributed by atoms with van der Waals surface area (Å²) in [5, 5.41) is 3.63. The average Bonchev–Trinajstić information content (AvgIpc) is 2.76. The number of carbonyl (C=O) groups excluding carboxylic acids is 1. The third-order valence-corrected chi connectivity index (χ3v) is 7.24. The summed E-state index contributed by atoms with van der Waals surface area (Å²) in [5.41, 5.74) is 9.11. The maximum absolute atomic E-state index is 11.8. The number of nitrogens with two attached hydrogens (primary N) is 1.